The van der Waals surface area contributed by atoms with Crippen LogP contribution >= 0.6 is 11.3 Å². The normalized spacial score (nSPS) is 12.5. The van der Waals surface area contributed by atoms with Gasteiger partial charge in [-0.05, 0) is 48.9 Å². The van der Waals surface area contributed by atoms with Crippen molar-refractivity contribution in [3.8, 4) is 0 Å². The van der Waals surface area contributed by atoms with Crippen LogP contribution in [0.15, 0.2) is 41.8 Å². The number of hydrogen-bond donors (Lipinski definition) is 1. The SMILES string of the molecule is CCCNCC(Cc1sccc1C)c1ccccc1. The first-order valence-electron chi connectivity index (χ1n) is 7.10. The van der Waals surface area contributed by atoms with Gasteiger partial charge in [-0.15, -0.1) is 11.3 Å². The zero-order valence-electron chi connectivity index (χ0n) is 11.9. The Labute approximate surface area is 120 Å². The van der Waals surface area contributed by atoms with Crippen LogP contribution in [0.4, 0.5) is 0 Å². The van der Waals surface area contributed by atoms with Gasteiger partial charge in [0.25, 0.3) is 0 Å². The second-order valence-corrected chi connectivity index (χ2v) is 6.04. The van der Waals surface area contributed by atoms with Crippen LogP contribution in [0.2, 0.25) is 0 Å². The van der Waals surface area contributed by atoms with E-state index in [4.69, 9.17) is 0 Å². The Morgan fingerprint density at radius 3 is 2.58 bits per heavy atom. The van der Waals surface area contributed by atoms with Crippen LogP contribution in [0.5, 0.6) is 0 Å². The zero-order valence-corrected chi connectivity index (χ0v) is 12.7. The minimum Gasteiger partial charge on any atom is -0.316 e. The van der Waals surface area contributed by atoms with Gasteiger partial charge < -0.3 is 5.32 Å². The summed E-state index contributed by atoms with van der Waals surface area (Å²) in [5.74, 6) is 0.574. The first-order valence-corrected chi connectivity index (χ1v) is 7.98. The predicted octanol–water partition coefficient (Wildman–Crippen LogP) is 4.38. The van der Waals surface area contributed by atoms with Gasteiger partial charge in [0.2, 0.25) is 0 Å². The van der Waals surface area contributed by atoms with E-state index in [-0.39, 0.29) is 0 Å². The van der Waals surface area contributed by atoms with Crippen LogP contribution in [0, 0.1) is 6.92 Å². The summed E-state index contributed by atoms with van der Waals surface area (Å²) in [5.41, 5.74) is 2.88. The molecule has 0 saturated heterocycles. The molecule has 0 aliphatic heterocycles. The molecule has 1 unspecified atom stereocenters. The summed E-state index contributed by atoms with van der Waals surface area (Å²) in [4.78, 5) is 1.52. The third-order valence-electron chi connectivity index (χ3n) is 3.49. The molecule has 2 aromatic rings. The van der Waals surface area contributed by atoms with E-state index in [0.717, 1.165) is 19.5 Å². The van der Waals surface area contributed by atoms with E-state index in [2.05, 4.69) is 60.9 Å². The fourth-order valence-electron chi connectivity index (χ4n) is 2.32. The summed E-state index contributed by atoms with van der Waals surface area (Å²) in [7, 11) is 0. The van der Waals surface area contributed by atoms with Crippen molar-refractivity contribution in [2.75, 3.05) is 13.1 Å². The Bertz CT molecular complexity index is 475. The number of benzene rings is 1. The Balaban J connectivity index is 2.08. The number of aryl methyl sites for hydroxylation is 1. The van der Waals surface area contributed by atoms with Crippen LogP contribution in [0.1, 0.15) is 35.3 Å². The van der Waals surface area contributed by atoms with Gasteiger partial charge in [-0.25, -0.2) is 0 Å². The molecular weight excluding hydrogens is 250 g/mol. The van der Waals surface area contributed by atoms with Gasteiger partial charge in [-0.1, -0.05) is 37.3 Å². The second-order valence-electron chi connectivity index (χ2n) is 5.04. The third kappa shape index (κ3) is 4.19. The Kier molecular flexibility index (Phi) is 5.62. The van der Waals surface area contributed by atoms with Gasteiger partial charge >= 0.3 is 0 Å². The van der Waals surface area contributed by atoms with Gasteiger partial charge in [-0.3, -0.25) is 0 Å². The van der Waals surface area contributed by atoms with E-state index < -0.39 is 0 Å². The van der Waals surface area contributed by atoms with Gasteiger partial charge in [-0.2, -0.15) is 0 Å². The van der Waals surface area contributed by atoms with Crippen molar-refractivity contribution in [3.63, 3.8) is 0 Å². The molecule has 102 valence electrons. The highest BCUT2D eigenvalue weighted by Crippen LogP contribution is 2.25. The van der Waals surface area contributed by atoms with E-state index in [1.807, 2.05) is 11.3 Å². The summed E-state index contributed by atoms with van der Waals surface area (Å²) >= 11 is 1.88. The van der Waals surface area contributed by atoms with Crippen molar-refractivity contribution in [1.82, 2.24) is 5.32 Å². The molecule has 1 N–H and O–H groups in total. The molecule has 0 spiro atoms. The monoisotopic (exact) mass is 273 g/mol. The lowest BCUT2D eigenvalue weighted by Gasteiger charge is -2.18. The predicted molar refractivity (Wildman–Crippen MR) is 85.1 cm³/mol. The molecule has 0 aliphatic carbocycles. The molecule has 1 atom stereocenters. The highest BCUT2D eigenvalue weighted by atomic mass is 32.1. The molecule has 0 amide bonds. The maximum Gasteiger partial charge on any atom is 0.00809 e. The first kappa shape index (κ1) is 14.3. The molecule has 1 nitrogen and oxygen atoms in total. The summed E-state index contributed by atoms with van der Waals surface area (Å²) in [6, 6.07) is 13.1. The topological polar surface area (TPSA) is 12.0 Å². The Hall–Kier alpha value is -1.12. The highest BCUT2D eigenvalue weighted by molar-refractivity contribution is 7.10. The fraction of sp³-hybridized carbons (Fsp3) is 0.412. The first-order chi connectivity index (χ1) is 9.31. The van der Waals surface area contributed by atoms with Crippen molar-refractivity contribution < 1.29 is 0 Å². The van der Waals surface area contributed by atoms with E-state index in [1.165, 1.54) is 22.4 Å². The van der Waals surface area contributed by atoms with E-state index in [1.54, 1.807) is 0 Å². The molecule has 0 saturated carbocycles. The molecule has 0 fully saturated rings. The molecule has 2 rings (SSSR count). The van der Waals surface area contributed by atoms with Crippen LogP contribution in [-0.2, 0) is 6.42 Å². The molecule has 1 aromatic heterocycles. The quantitative estimate of drug-likeness (QED) is 0.738. The van der Waals surface area contributed by atoms with Crippen LogP contribution in [-0.4, -0.2) is 13.1 Å². The van der Waals surface area contributed by atoms with Crippen LogP contribution < -0.4 is 5.32 Å². The van der Waals surface area contributed by atoms with E-state index in [9.17, 15) is 0 Å². The van der Waals surface area contributed by atoms with Crippen molar-refractivity contribution in [3.05, 3.63) is 57.8 Å². The zero-order chi connectivity index (χ0) is 13.5. The minimum absolute atomic E-state index is 0.574. The summed E-state index contributed by atoms with van der Waals surface area (Å²) < 4.78 is 0. The molecule has 1 aromatic carbocycles. The fourth-order valence-corrected chi connectivity index (χ4v) is 3.31. The molecule has 0 bridgehead atoms. The average Bonchev–Trinajstić information content (AvgIpc) is 2.84. The maximum atomic E-state index is 3.57. The van der Waals surface area contributed by atoms with Crippen LogP contribution in [0.25, 0.3) is 0 Å². The van der Waals surface area contributed by atoms with E-state index in [0.29, 0.717) is 5.92 Å². The standard InChI is InChI=1S/C17H23NS/c1-3-10-18-13-16(15-7-5-4-6-8-15)12-17-14(2)9-11-19-17/h4-9,11,16,18H,3,10,12-13H2,1-2H3. The van der Waals surface area contributed by atoms with Crippen molar-refractivity contribution >= 4 is 11.3 Å². The largest absolute Gasteiger partial charge is 0.316 e. The number of nitrogens with one attached hydrogen (secondary N) is 1. The lowest BCUT2D eigenvalue weighted by atomic mass is 9.94. The third-order valence-corrected chi connectivity index (χ3v) is 4.53. The molecule has 0 aliphatic rings. The molecular formula is C17H23NS. The summed E-state index contributed by atoms with van der Waals surface area (Å²) in [5, 5.41) is 5.77. The Morgan fingerprint density at radius 1 is 1.16 bits per heavy atom. The molecule has 19 heavy (non-hydrogen) atoms. The molecule has 2 heteroatoms. The van der Waals surface area contributed by atoms with Crippen molar-refractivity contribution in [2.24, 2.45) is 0 Å². The maximum absolute atomic E-state index is 3.57. The number of hydrogen-bond acceptors (Lipinski definition) is 2. The second kappa shape index (κ2) is 7.46. The van der Waals surface area contributed by atoms with Gasteiger partial charge in [0, 0.05) is 17.3 Å². The Morgan fingerprint density at radius 2 is 1.95 bits per heavy atom. The number of thiophene rings is 1. The average molecular weight is 273 g/mol. The van der Waals surface area contributed by atoms with Gasteiger partial charge in [0.15, 0.2) is 0 Å². The smallest absolute Gasteiger partial charge is 0.00809 e. The minimum atomic E-state index is 0.574. The summed E-state index contributed by atoms with van der Waals surface area (Å²) in [6.45, 7) is 6.60. The van der Waals surface area contributed by atoms with E-state index >= 15 is 0 Å². The number of rotatable bonds is 7. The summed E-state index contributed by atoms with van der Waals surface area (Å²) in [6.07, 6.45) is 2.34. The lowest BCUT2D eigenvalue weighted by molar-refractivity contribution is 0.578. The highest BCUT2D eigenvalue weighted by Gasteiger charge is 2.13. The van der Waals surface area contributed by atoms with Crippen molar-refractivity contribution in [1.29, 1.82) is 0 Å². The lowest BCUT2D eigenvalue weighted by Crippen LogP contribution is -2.23. The molecule has 0 radical (unpaired) electrons. The van der Waals surface area contributed by atoms with Gasteiger partial charge in [0.1, 0.15) is 0 Å². The molecule has 1 heterocycles. The van der Waals surface area contributed by atoms with Gasteiger partial charge in [0.05, 0.1) is 0 Å². The van der Waals surface area contributed by atoms with Crippen molar-refractivity contribution in [2.45, 2.75) is 32.6 Å². The van der Waals surface area contributed by atoms with Crippen LogP contribution in [0.3, 0.4) is 0 Å².